The van der Waals surface area contributed by atoms with Gasteiger partial charge in [-0.1, -0.05) is 0 Å². The second-order valence-electron chi connectivity index (χ2n) is 4.83. The molecular formula is C11H16N4O5S. The number of piperazine rings is 1. The lowest BCUT2D eigenvalue weighted by atomic mass is 10.2. The Kier molecular flexibility index (Phi) is 3.76. The molecule has 10 heteroatoms. The van der Waals surface area contributed by atoms with Gasteiger partial charge in [-0.2, -0.15) is 4.31 Å². The second-order valence-corrected chi connectivity index (χ2v) is 6.69. The normalized spacial score (nSPS) is 20.3. The van der Waals surface area contributed by atoms with Gasteiger partial charge >= 0.3 is 5.69 Å². The van der Waals surface area contributed by atoms with Crippen molar-refractivity contribution in [2.45, 2.75) is 17.9 Å². The van der Waals surface area contributed by atoms with E-state index >= 15 is 0 Å². The topological polar surface area (TPSA) is 110 Å². The molecule has 9 nitrogen and oxygen atoms in total. The van der Waals surface area contributed by atoms with Gasteiger partial charge in [-0.25, -0.2) is 13.2 Å². The van der Waals surface area contributed by atoms with Crippen molar-refractivity contribution in [3.8, 4) is 0 Å². The molecule has 2 rings (SSSR count). The van der Waals surface area contributed by atoms with E-state index in [1.165, 1.54) is 21.0 Å². The number of carbonyl (C=O) groups is 1. The Hall–Kier alpha value is -1.94. The molecule has 0 spiro atoms. The first-order valence-electron chi connectivity index (χ1n) is 6.24. The van der Waals surface area contributed by atoms with Crippen molar-refractivity contribution >= 4 is 15.9 Å². The number of rotatable bonds is 2. The van der Waals surface area contributed by atoms with Gasteiger partial charge in [0.25, 0.3) is 15.6 Å². The van der Waals surface area contributed by atoms with Crippen LogP contribution in [0.3, 0.4) is 0 Å². The molecule has 0 aliphatic carbocycles. The highest BCUT2D eigenvalue weighted by Crippen LogP contribution is 2.16. The van der Waals surface area contributed by atoms with Crippen LogP contribution in [0, 0.1) is 0 Å². The fraction of sp³-hybridized carbons (Fsp3) is 0.545. The van der Waals surface area contributed by atoms with E-state index in [0.29, 0.717) is 0 Å². The first-order valence-corrected chi connectivity index (χ1v) is 7.68. The number of hydrogen-bond acceptors (Lipinski definition) is 5. The highest BCUT2D eigenvalue weighted by Gasteiger charge is 2.37. The van der Waals surface area contributed by atoms with Crippen LogP contribution in [0.15, 0.2) is 20.7 Å². The number of nitrogens with zero attached hydrogens (tertiary/aromatic N) is 3. The van der Waals surface area contributed by atoms with Gasteiger partial charge in [0.1, 0.15) is 6.04 Å². The molecule has 0 saturated carbocycles. The van der Waals surface area contributed by atoms with Gasteiger partial charge < -0.3 is 9.88 Å². The highest BCUT2D eigenvalue weighted by molar-refractivity contribution is 7.89. The van der Waals surface area contributed by atoms with Gasteiger partial charge in [0, 0.05) is 33.4 Å². The van der Waals surface area contributed by atoms with Gasteiger partial charge in [-0.05, 0) is 6.92 Å². The lowest BCUT2D eigenvalue weighted by molar-refractivity contribution is -0.126. The minimum atomic E-state index is -4.16. The van der Waals surface area contributed by atoms with E-state index < -0.39 is 38.1 Å². The maximum Gasteiger partial charge on any atom is 0.330 e. The van der Waals surface area contributed by atoms with Crippen LogP contribution < -0.4 is 16.6 Å². The first-order chi connectivity index (χ1) is 9.67. The van der Waals surface area contributed by atoms with Crippen molar-refractivity contribution in [3.63, 3.8) is 0 Å². The summed E-state index contributed by atoms with van der Waals surface area (Å²) < 4.78 is 27.9. The monoisotopic (exact) mass is 316 g/mol. The zero-order valence-electron chi connectivity index (χ0n) is 11.9. The molecule has 116 valence electrons. The molecule has 0 bridgehead atoms. The number of nitrogens with one attached hydrogen (secondary N) is 1. The lowest BCUT2D eigenvalue weighted by Gasteiger charge is -2.31. The van der Waals surface area contributed by atoms with Crippen molar-refractivity contribution in [2.24, 2.45) is 14.1 Å². The highest BCUT2D eigenvalue weighted by atomic mass is 32.2. The van der Waals surface area contributed by atoms with E-state index in [2.05, 4.69) is 5.32 Å². The third-order valence-electron chi connectivity index (χ3n) is 3.44. The standard InChI is InChI=1S/C11H16N4O5S/c1-7-9(16)12-4-5-15(7)21(19,20)8-6-13(2)11(18)14(3)10(8)17/h6-7H,4-5H2,1-3H3,(H,12,16). The summed E-state index contributed by atoms with van der Waals surface area (Å²) in [6, 6.07) is -0.911. The van der Waals surface area contributed by atoms with E-state index in [9.17, 15) is 22.8 Å². The average Bonchev–Trinajstić information content (AvgIpc) is 2.43. The third kappa shape index (κ3) is 2.40. The van der Waals surface area contributed by atoms with Crippen LogP contribution in [0.1, 0.15) is 6.92 Å². The van der Waals surface area contributed by atoms with Gasteiger partial charge in [0.2, 0.25) is 5.91 Å². The Bertz CT molecular complexity index is 807. The number of aromatic nitrogens is 2. The Labute approximate surface area is 120 Å². The van der Waals surface area contributed by atoms with Gasteiger partial charge in [-0.15, -0.1) is 0 Å². The van der Waals surface area contributed by atoms with Crippen molar-refractivity contribution in [3.05, 3.63) is 27.0 Å². The van der Waals surface area contributed by atoms with Crippen LogP contribution in [0.4, 0.5) is 0 Å². The molecule has 1 aliphatic rings. The maximum atomic E-state index is 12.6. The van der Waals surface area contributed by atoms with Crippen molar-refractivity contribution in [1.29, 1.82) is 0 Å². The number of sulfonamides is 1. The minimum Gasteiger partial charge on any atom is -0.353 e. The summed E-state index contributed by atoms with van der Waals surface area (Å²) in [4.78, 5) is 34.8. The Morgan fingerprint density at radius 1 is 1.24 bits per heavy atom. The van der Waals surface area contributed by atoms with Gasteiger partial charge in [-0.3, -0.25) is 14.2 Å². The molecule has 1 aromatic heterocycles. The minimum absolute atomic E-state index is 0.0707. The van der Waals surface area contributed by atoms with E-state index in [4.69, 9.17) is 0 Å². The maximum absolute atomic E-state index is 12.6. The largest absolute Gasteiger partial charge is 0.353 e. The summed E-state index contributed by atoms with van der Waals surface area (Å²) in [5.41, 5.74) is -1.53. The van der Waals surface area contributed by atoms with Crippen LogP contribution in [0.25, 0.3) is 0 Å². The van der Waals surface area contributed by atoms with Crippen molar-refractivity contribution in [1.82, 2.24) is 18.8 Å². The summed E-state index contributed by atoms with van der Waals surface area (Å²) in [6.45, 7) is 1.69. The zero-order valence-corrected chi connectivity index (χ0v) is 12.7. The Morgan fingerprint density at radius 2 is 1.86 bits per heavy atom. The molecule has 1 unspecified atom stereocenters. The Balaban J connectivity index is 2.63. The summed E-state index contributed by atoms with van der Waals surface area (Å²) in [5, 5.41) is 2.55. The summed E-state index contributed by atoms with van der Waals surface area (Å²) in [5.74, 6) is -0.425. The van der Waals surface area contributed by atoms with E-state index in [1.54, 1.807) is 0 Å². The molecule has 1 fully saturated rings. The molecule has 1 atom stereocenters. The predicted molar refractivity (Wildman–Crippen MR) is 73.3 cm³/mol. The van der Waals surface area contributed by atoms with E-state index in [-0.39, 0.29) is 13.1 Å². The predicted octanol–water partition coefficient (Wildman–Crippen LogP) is -2.41. The third-order valence-corrected chi connectivity index (χ3v) is 5.40. The summed E-state index contributed by atoms with van der Waals surface area (Å²) >= 11 is 0. The zero-order chi connectivity index (χ0) is 15.9. The molecule has 1 aliphatic heterocycles. The van der Waals surface area contributed by atoms with Crippen LogP contribution in [-0.4, -0.2) is 46.9 Å². The molecule has 1 aromatic rings. The molecule has 2 heterocycles. The lowest BCUT2D eigenvalue weighted by Crippen LogP contribution is -2.56. The summed E-state index contributed by atoms with van der Waals surface area (Å²) in [6.07, 6.45) is 0.985. The van der Waals surface area contributed by atoms with Crippen LogP contribution in [-0.2, 0) is 28.9 Å². The number of amides is 1. The molecule has 1 N–H and O–H groups in total. The van der Waals surface area contributed by atoms with Crippen LogP contribution in [0.2, 0.25) is 0 Å². The fourth-order valence-electron chi connectivity index (χ4n) is 2.17. The first kappa shape index (κ1) is 15.4. The van der Waals surface area contributed by atoms with E-state index in [0.717, 1.165) is 19.6 Å². The SMILES string of the molecule is CC1C(=O)NCCN1S(=O)(=O)c1cn(C)c(=O)n(C)c1=O. The van der Waals surface area contributed by atoms with Crippen LogP contribution in [0.5, 0.6) is 0 Å². The van der Waals surface area contributed by atoms with Gasteiger partial charge in [0.05, 0.1) is 0 Å². The van der Waals surface area contributed by atoms with E-state index in [1.807, 2.05) is 0 Å². The number of carbonyl (C=O) groups excluding carboxylic acids is 1. The summed E-state index contributed by atoms with van der Waals surface area (Å²) in [7, 11) is -1.60. The molecule has 1 amide bonds. The van der Waals surface area contributed by atoms with Crippen molar-refractivity contribution < 1.29 is 13.2 Å². The molecule has 21 heavy (non-hydrogen) atoms. The molecular weight excluding hydrogens is 300 g/mol. The number of hydrogen-bond donors (Lipinski definition) is 1. The molecule has 0 aromatic carbocycles. The smallest absolute Gasteiger partial charge is 0.330 e. The Morgan fingerprint density at radius 3 is 2.48 bits per heavy atom. The molecule has 0 radical (unpaired) electrons. The quantitative estimate of drug-likeness (QED) is 0.653. The number of aryl methyl sites for hydroxylation is 1. The van der Waals surface area contributed by atoms with Crippen LogP contribution >= 0.6 is 0 Å². The fourth-order valence-corrected chi connectivity index (χ4v) is 3.91. The van der Waals surface area contributed by atoms with Crippen molar-refractivity contribution in [2.75, 3.05) is 13.1 Å². The second kappa shape index (κ2) is 5.11. The van der Waals surface area contributed by atoms with Gasteiger partial charge in [0.15, 0.2) is 4.90 Å². The molecule has 1 saturated heterocycles. The average molecular weight is 316 g/mol.